The van der Waals surface area contributed by atoms with E-state index in [1.807, 2.05) is 0 Å². The Hall–Kier alpha value is -5.18. The van der Waals surface area contributed by atoms with Crippen LogP contribution in [0.2, 0.25) is 0 Å². The number of aromatic nitrogens is 1. The maximum atomic E-state index is 14.4. The molecule has 0 aliphatic carbocycles. The number of phenolic OH excluding ortho intramolecular Hbond substituents is 1. The van der Waals surface area contributed by atoms with Crippen LogP contribution in [-0.4, -0.2) is 34.6 Å². The van der Waals surface area contributed by atoms with E-state index in [1.165, 1.54) is 67.5 Å². The summed E-state index contributed by atoms with van der Waals surface area (Å²) >= 11 is 0. The molecule has 4 rings (SSSR count). The van der Waals surface area contributed by atoms with Crippen LogP contribution in [-0.2, 0) is 12.7 Å². The molecule has 12 heteroatoms. The molecule has 1 N–H and O–H groups in total. The number of carbonyl (C=O) groups excluding carboxylic acids is 1. The second-order valence-electron chi connectivity index (χ2n) is 9.10. The molecule has 0 saturated carbocycles. The highest BCUT2D eigenvalue weighted by atomic mass is 19.4. The summed E-state index contributed by atoms with van der Waals surface area (Å²) in [5, 5.41) is 19.3. The lowest BCUT2D eigenvalue weighted by Crippen LogP contribution is -2.29. The van der Waals surface area contributed by atoms with E-state index < -0.39 is 46.9 Å². The topological polar surface area (TPSA) is 95.6 Å². The van der Waals surface area contributed by atoms with Gasteiger partial charge in [0, 0.05) is 37.4 Å². The number of hydrogen-bond acceptors (Lipinski definition) is 5. The van der Waals surface area contributed by atoms with E-state index in [4.69, 9.17) is 4.74 Å². The molecule has 0 bridgehead atoms. The smallest absolute Gasteiger partial charge is 0.417 e. The monoisotopic (exact) mass is 569 g/mol. The second kappa shape index (κ2) is 11.1. The molecule has 0 aliphatic heterocycles. The third kappa shape index (κ3) is 6.19. The third-order valence-corrected chi connectivity index (χ3v) is 5.99. The van der Waals surface area contributed by atoms with Gasteiger partial charge in [-0.25, -0.2) is 8.78 Å². The van der Waals surface area contributed by atoms with Gasteiger partial charge in [0.1, 0.15) is 40.5 Å². The fourth-order valence-corrected chi connectivity index (χ4v) is 4.05. The van der Waals surface area contributed by atoms with Crippen molar-refractivity contribution in [2.45, 2.75) is 12.7 Å². The first kappa shape index (κ1) is 28.8. The molecule has 41 heavy (non-hydrogen) atoms. The Kier molecular flexibility index (Phi) is 7.82. The highest BCUT2D eigenvalue weighted by Gasteiger charge is 2.36. The summed E-state index contributed by atoms with van der Waals surface area (Å²) in [6, 6.07) is 13.8. The van der Waals surface area contributed by atoms with Crippen LogP contribution >= 0.6 is 0 Å². The van der Waals surface area contributed by atoms with Gasteiger partial charge in [0.15, 0.2) is 0 Å². The van der Waals surface area contributed by atoms with E-state index >= 15 is 0 Å². The zero-order chi connectivity index (χ0) is 30.1. The average Bonchev–Trinajstić information content (AvgIpc) is 2.90. The SMILES string of the molecule is CN(C)C(=O)c1cc(O)cc(Oc2ccc(-c3cc(C(F)(F)F)c(C#N)c(=O)n3Cc3ccc(F)cc3F)cc2)c1. The van der Waals surface area contributed by atoms with Crippen LogP contribution in [0.5, 0.6) is 17.2 Å². The fraction of sp³-hybridized carbons (Fsp3) is 0.138. The number of benzene rings is 3. The minimum Gasteiger partial charge on any atom is -0.508 e. The van der Waals surface area contributed by atoms with E-state index in [1.54, 1.807) is 0 Å². The highest BCUT2D eigenvalue weighted by molar-refractivity contribution is 5.94. The number of amides is 1. The predicted molar refractivity (Wildman–Crippen MR) is 138 cm³/mol. The fourth-order valence-electron chi connectivity index (χ4n) is 4.05. The van der Waals surface area contributed by atoms with Crippen LogP contribution in [0.3, 0.4) is 0 Å². The van der Waals surface area contributed by atoms with Gasteiger partial charge in [0.2, 0.25) is 0 Å². The zero-order valence-electron chi connectivity index (χ0n) is 21.5. The van der Waals surface area contributed by atoms with Gasteiger partial charge in [-0.2, -0.15) is 18.4 Å². The quantitative estimate of drug-likeness (QED) is 0.291. The molecular weight excluding hydrogens is 549 g/mol. The number of ether oxygens (including phenoxy) is 1. The number of alkyl halides is 3. The molecule has 0 aliphatic rings. The van der Waals surface area contributed by atoms with Gasteiger partial charge in [0.05, 0.1) is 17.8 Å². The standard InChI is InChI=1S/C29H20F5N3O4/c1-36(2)27(39)18-9-20(38)12-22(10-18)41-21-7-4-16(5-8-21)26-13-24(29(32,33)34)23(14-35)28(40)37(26)15-17-3-6-19(30)11-25(17)31/h3-13,38H,15H2,1-2H3. The summed E-state index contributed by atoms with van der Waals surface area (Å²) < 4.78 is 75.7. The van der Waals surface area contributed by atoms with E-state index in [9.17, 15) is 41.9 Å². The second-order valence-corrected chi connectivity index (χ2v) is 9.10. The number of aromatic hydroxyl groups is 1. The van der Waals surface area contributed by atoms with Crippen molar-refractivity contribution in [1.82, 2.24) is 9.47 Å². The molecule has 4 aromatic rings. The maximum Gasteiger partial charge on any atom is 0.417 e. The Balaban J connectivity index is 1.78. The van der Waals surface area contributed by atoms with Crippen molar-refractivity contribution in [1.29, 1.82) is 5.26 Å². The van der Waals surface area contributed by atoms with Gasteiger partial charge >= 0.3 is 6.18 Å². The average molecular weight is 569 g/mol. The van der Waals surface area contributed by atoms with Crippen LogP contribution in [0.1, 0.15) is 27.0 Å². The number of carbonyl (C=O) groups is 1. The van der Waals surface area contributed by atoms with Gasteiger partial charge in [-0.15, -0.1) is 0 Å². The Morgan fingerprint density at radius 3 is 2.27 bits per heavy atom. The first-order valence-electron chi connectivity index (χ1n) is 11.8. The maximum absolute atomic E-state index is 14.4. The van der Waals surface area contributed by atoms with E-state index in [-0.39, 0.29) is 39.6 Å². The van der Waals surface area contributed by atoms with Crippen molar-refractivity contribution < 1.29 is 36.6 Å². The van der Waals surface area contributed by atoms with E-state index in [0.717, 1.165) is 16.7 Å². The van der Waals surface area contributed by atoms with Crippen molar-refractivity contribution >= 4 is 5.91 Å². The van der Waals surface area contributed by atoms with Gasteiger partial charge in [-0.05, 0) is 54.1 Å². The van der Waals surface area contributed by atoms with Crippen molar-refractivity contribution in [3.05, 3.63) is 111 Å². The number of hydrogen-bond donors (Lipinski definition) is 1. The lowest BCUT2D eigenvalue weighted by atomic mass is 10.0. The normalized spacial score (nSPS) is 11.2. The van der Waals surface area contributed by atoms with Crippen molar-refractivity contribution in [3.8, 4) is 34.6 Å². The molecule has 1 aromatic heterocycles. The molecule has 0 radical (unpaired) electrons. The van der Waals surface area contributed by atoms with Crippen molar-refractivity contribution in [3.63, 3.8) is 0 Å². The van der Waals surface area contributed by atoms with E-state index in [0.29, 0.717) is 12.1 Å². The molecule has 210 valence electrons. The van der Waals surface area contributed by atoms with Gasteiger partial charge in [-0.1, -0.05) is 6.07 Å². The summed E-state index contributed by atoms with van der Waals surface area (Å²) in [5.41, 5.74) is -4.18. The molecule has 0 saturated heterocycles. The predicted octanol–water partition coefficient (Wildman–Crippen LogP) is 5.93. The number of rotatable bonds is 6. The molecule has 1 amide bonds. The minimum absolute atomic E-state index is 0.0892. The number of halogens is 5. The number of pyridine rings is 1. The Bertz CT molecular complexity index is 1740. The van der Waals surface area contributed by atoms with Gasteiger partial charge in [0.25, 0.3) is 11.5 Å². The molecule has 7 nitrogen and oxygen atoms in total. The van der Waals surface area contributed by atoms with Crippen LogP contribution in [0.4, 0.5) is 22.0 Å². The number of phenols is 1. The van der Waals surface area contributed by atoms with Crippen LogP contribution < -0.4 is 10.3 Å². The van der Waals surface area contributed by atoms with Crippen molar-refractivity contribution in [2.75, 3.05) is 14.1 Å². The summed E-state index contributed by atoms with van der Waals surface area (Å²) in [4.78, 5) is 26.7. The lowest BCUT2D eigenvalue weighted by molar-refractivity contribution is -0.137. The zero-order valence-corrected chi connectivity index (χ0v) is 21.5. The number of nitrogens with zero attached hydrogens (tertiary/aromatic N) is 3. The summed E-state index contributed by atoms with van der Waals surface area (Å²) in [6.07, 6.45) is -5.04. The Morgan fingerprint density at radius 1 is 1.00 bits per heavy atom. The molecule has 0 atom stereocenters. The molecular formula is C29H20F5N3O4. The molecule has 3 aromatic carbocycles. The molecule has 0 unspecified atom stereocenters. The molecule has 0 fully saturated rings. The Morgan fingerprint density at radius 2 is 1.68 bits per heavy atom. The molecule has 1 heterocycles. The van der Waals surface area contributed by atoms with Gasteiger partial charge in [-0.3, -0.25) is 9.59 Å². The van der Waals surface area contributed by atoms with Crippen LogP contribution in [0, 0.1) is 23.0 Å². The summed E-state index contributed by atoms with van der Waals surface area (Å²) in [7, 11) is 3.06. The number of nitriles is 1. The summed E-state index contributed by atoms with van der Waals surface area (Å²) in [5.74, 6) is -2.26. The van der Waals surface area contributed by atoms with Crippen molar-refractivity contribution in [2.24, 2.45) is 0 Å². The first-order chi connectivity index (χ1) is 19.3. The first-order valence-corrected chi connectivity index (χ1v) is 11.8. The third-order valence-electron chi connectivity index (χ3n) is 5.99. The minimum atomic E-state index is -5.04. The van der Waals surface area contributed by atoms with Crippen LogP contribution in [0.15, 0.2) is 71.5 Å². The highest BCUT2D eigenvalue weighted by Crippen LogP contribution is 2.35. The lowest BCUT2D eigenvalue weighted by Gasteiger charge is -2.18. The van der Waals surface area contributed by atoms with Gasteiger partial charge < -0.3 is 19.3 Å². The van der Waals surface area contributed by atoms with Crippen LogP contribution in [0.25, 0.3) is 11.3 Å². The summed E-state index contributed by atoms with van der Waals surface area (Å²) in [6.45, 7) is -0.586. The van der Waals surface area contributed by atoms with E-state index in [2.05, 4.69) is 0 Å². The Labute approximate surface area is 229 Å². The largest absolute Gasteiger partial charge is 0.508 e. The molecule has 0 spiro atoms.